The van der Waals surface area contributed by atoms with E-state index in [2.05, 4.69) is 15.5 Å². The third-order valence-corrected chi connectivity index (χ3v) is 6.14. The van der Waals surface area contributed by atoms with E-state index in [9.17, 15) is 17.6 Å². The molecular weight excluding hydrogens is 359 g/mol. The summed E-state index contributed by atoms with van der Waals surface area (Å²) in [4.78, 5) is 12.5. The van der Waals surface area contributed by atoms with Crippen molar-refractivity contribution in [2.45, 2.75) is 6.42 Å². The maximum absolute atomic E-state index is 14.2. The summed E-state index contributed by atoms with van der Waals surface area (Å²) in [5.41, 5.74) is 1.06. The Labute approximate surface area is 148 Å². The second kappa shape index (κ2) is 6.10. The summed E-state index contributed by atoms with van der Waals surface area (Å²) in [5.74, 6) is -1.17. The number of fused-ring (bicyclic) bond motifs is 1. The Morgan fingerprint density at radius 3 is 2.81 bits per heavy atom. The summed E-state index contributed by atoms with van der Waals surface area (Å²) in [6.07, 6.45) is 0.515. The lowest BCUT2D eigenvalue weighted by Crippen LogP contribution is -2.25. The van der Waals surface area contributed by atoms with E-state index >= 15 is 0 Å². The molecule has 1 amide bonds. The monoisotopic (exact) mass is 374 g/mol. The number of H-pyrrole nitrogens is 1. The fourth-order valence-corrected chi connectivity index (χ4v) is 4.57. The van der Waals surface area contributed by atoms with Gasteiger partial charge in [-0.1, -0.05) is 18.2 Å². The van der Waals surface area contributed by atoms with Gasteiger partial charge in [0.2, 0.25) is 10.0 Å². The van der Waals surface area contributed by atoms with Gasteiger partial charge in [0.1, 0.15) is 5.82 Å². The van der Waals surface area contributed by atoms with Crippen molar-refractivity contribution in [3.05, 3.63) is 54.0 Å². The number of rotatable bonds is 3. The Kier molecular flexibility index (Phi) is 3.87. The summed E-state index contributed by atoms with van der Waals surface area (Å²) < 4.78 is 39.5. The van der Waals surface area contributed by atoms with Gasteiger partial charge in [-0.25, -0.2) is 12.8 Å². The van der Waals surface area contributed by atoms with E-state index in [1.54, 1.807) is 18.2 Å². The number of aromatic amines is 1. The van der Waals surface area contributed by atoms with Gasteiger partial charge in [0.15, 0.2) is 5.69 Å². The van der Waals surface area contributed by atoms with Crippen LogP contribution in [0.5, 0.6) is 0 Å². The molecule has 0 saturated carbocycles. The summed E-state index contributed by atoms with van der Waals surface area (Å²) in [6, 6.07) is 10.9. The van der Waals surface area contributed by atoms with Gasteiger partial charge in [-0.3, -0.25) is 14.2 Å². The molecule has 0 radical (unpaired) electrons. The smallest absolute Gasteiger partial charge is 0.276 e. The number of hydrogen-bond donors (Lipinski definition) is 2. The van der Waals surface area contributed by atoms with Crippen LogP contribution in [0.25, 0.3) is 10.9 Å². The van der Waals surface area contributed by atoms with E-state index in [0.717, 1.165) is 6.07 Å². The normalized spacial score (nSPS) is 16.1. The molecule has 1 aromatic heterocycles. The minimum Gasteiger partial charge on any atom is -0.318 e. The lowest BCUT2D eigenvalue weighted by Gasteiger charge is -2.18. The van der Waals surface area contributed by atoms with Gasteiger partial charge in [-0.05, 0) is 30.7 Å². The molecule has 0 atom stereocenters. The molecule has 2 aromatic carbocycles. The summed E-state index contributed by atoms with van der Waals surface area (Å²) in [6.45, 7) is 0.339. The second-order valence-electron chi connectivity index (χ2n) is 5.98. The number of carbonyl (C=O) groups excluding carboxylic acids is 1. The van der Waals surface area contributed by atoms with Gasteiger partial charge in [0, 0.05) is 11.9 Å². The first-order valence-electron chi connectivity index (χ1n) is 8.00. The van der Waals surface area contributed by atoms with Gasteiger partial charge >= 0.3 is 0 Å². The molecule has 0 spiro atoms. The molecule has 0 unspecified atom stereocenters. The first-order chi connectivity index (χ1) is 12.5. The fraction of sp³-hybridized carbons (Fsp3) is 0.176. The number of anilines is 2. The van der Waals surface area contributed by atoms with Crippen LogP contribution in [0.4, 0.5) is 15.8 Å². The van der Waals surface area contributed by atoms with Crippen molar-refractivity contribution in [2.75, 3.05) is 21.9 Å². The number of sulfonamides is 1. The molecule has 9 heteroatoms. The lowest BCUT2D eigenvalue weighted by atomic mass is 10.2. The van der Waals surface area contributed by atoms with Crippen molar-refractivity contribution in [3.63, 3.8) is 0 Å². The number of halogens is 1. The second-order valence-corrected chi connectivity index (χ2v) is 7.99. The third kappa shape index (κ3) is 2.80. The van der Waals surface area contributed by atoms with Crippen LogP contribution in [0.3, 0.4) is 0 Å². The quantitative estimate of drug-likeness (QED) is 0.736. The van der Waals surface area contributed by atoms with Crippen LogP contribution in [0, 0.1) is 5.82 Å². The van der Waals surface area contributed by atoms with Crippen molar-refractivity contribution in [1.82, 2.24) is 10.2 Å². The molecular formula is C17H15FN4O3S. The van der Waals surface area contributed by atoms with E-state index in [-0.39, 0.29) is 17.1 Å². The van der Waals surface area contributed by atoms with Crippen molar-refractivity contribution in [1.29, 1.82) is 0 Å². The van der Waals surface area contributed by atoms with Gasteiger partial charge in [0.05, 0.1) is 22.6 Å². The summed E-state index contributed by atoms with van der Waals surface area (Å²) in [5, 5.41) is 9.82. The van der Waals surface area contributed by atoms with E-state index in [1.165, 1.54) is 16.4 Å². The molecule has 1 saturated heterocycles. The average molecular weight is 374 g/mol. The zero-order chi connectivity index (χ0) is 18.3. The minimum atomic E-state index is -3.39. The molecule has 134 valence electrons. The van der Waals surface area contributed by atoms with E-state index in [1.807, 2.05) is 6.07 Å². The zero-order valence-electron chi connectivity index (χ0n) is 13.6. The van der Waals surface area contributed by atoms with Crippen molar-refractivity contribution in [2.24, 2.45) is 0 Å². The topological polar surface area (TPSA) is 95.2 Å². The molecule has 1 fully saturated rings. The number of nitrogens with zero attached hydrogens (tertiary/aromatic N) is 2. The number of nitrogens with one attached hydrogen (secondary N) is 2. The van der Waals surface area contributed by atoms with Crippen LogP contribution >= 0.6 is 0 Å². The van der Waals surface area contributed by atoms with Gasteiger partial charge in [0.25, 0.3) is 5.91 Å². The van der Waals surface area contributed by atoms with Crippen molar-refractivity contribution >= 4 is 38.2 Å². The number of benzene rings is 2. The molecule has 2 N–H and O–H groups in total. The average Bonchev–Trinajstić information content (AvgIpc) is 3.19. The van der Waals surface area contributed by atoms with Crippen LogP contribution < -0.4 is 9.62 Å². The van der Waals surface area contributed by atoms with E-state index in [0.29, 0.717) is 29.6 Å². The highest BCUT2D eigenvalue weighted by atomic mass is 32.2. The first kappa shape index (κ1) is 16.5. The summed E-state index contributed by atoms with van der Waals surface area (Å²) >= 11 is 0. The predicted octanol–water partition coefficient (Wildman–Crippen LogP) is 2.49. The zero-order valence-corrected chi connectivity index (χ0v) is 14.4. The van der Waals surface area contributed by atoms with Crippen LogP contribution in [0.15, 0.2) is 42.5 Å². The maximum Gasteiger partial charge on any atom is 0.276 e. The number of amides is 1. The fourth-order valence-electron chi connectivity index (χ4n) is 3.01. The molecule has 7 nitrogen and oxygen atoms in total. The van der Waals surface area contributed by atoms with Crippen LogP contribution in [-0.4, -0.2) is 36.8 Å². The number of para-hydroxylation sites is 1. The molecule has 2 heterocycles. The molecule has 1 aliphatic heterocycles. The molecule has 4 rings (SSSR count). The van der Waals surface area contributed by atoms with Crippen LogP contribution in [0.1, 0.15) is 16.9 Å². The largest absolute Gasteiger partial charge is 0.318 e. The first-order valence-corrected chi connectivity index (χ1v) is 9.61. The highest BCUT2D eigenvalue weighted by molar-refractivity contribution is 7.93. The Morgan fingerprint density at radius 1 is 1.23 bits per heavy atom. The SMILES string of the molecule is O=C(Nc1cc(N2CCCS2(=O)=O)ccc1F)c1n[nH]c2ccccc12. The molecule has 0 bridgehead atoms. The maximum atomic E-state index is 14.2. The lowest BCUT2D eigenvalue weighted by molar-refractivity contribution is 0.102. The summed E-state index contributed by atoms with van der Waals surface area (Å²) in [7, 11) is -3.39. The van der Waals surface area contributed by atoms with Gasteiger partial charge < -0.3 is 5.32 Å². The number of hydrogen-bond acceptors (Lipinski definition) is 4. The van der Waals surface area contributed by atoms with Gasteiger partial charge in [-0.2, -0.15) is 5.10 Å². The molecule has 3 aromatic rings. The molecule has 0 aliphatic carbocycles. The molecule has 26 heavy (non-hydrogen) atoms. The Balaban J connectivity index is 1.66. The predicted molar refractivity (Wildman–Crippen MR) is 96.2 cm³/mol. The highest BCUT2D eigenvalue weighted by Crippen LogP contribution is 2.28. The van der Waals surface area contributed by atoms with Gasteiger partial charge in [-0.15, -0.1) is 0 Å². The number of carbonyl (C=O) groups is 1. The minimum absolute atomic E-state index is 0.0608. The van der Waals surface area contributed by atoms with E-state index in [4.69, 9.17) is 0 Å². The van der Waals surface area contributed by atoms with Crippen molar-refractivity contribution in [3.8, 4) is 0 Å². The highest BCUT2D eigenvalue weighted by Gasteiger charge is 2.29. The Morgan fingerprint density at radius 2 is 2.04 bits per heavy atom. The standard InChI is InChI=1S/C17H15FN4O3S/c18-13-7-6-11(22-8-3-9-26(22,24)25)10-15(13)19-17(23)16-12-4-1-2-5-14(12)20-21-16/h1-2,4-7,10H,3,8-9H2,(H,19,23)(H,20,21). The van der Waals surface area contributed by atoms with E-state index < -0.39 is 21.7 Å². The molecule has 1 aliphatic rings. The van der Waals surface area contributed by atoms with Crippen LogP contribution in [-0.2, 0) is 10.0 Å². The third-order valence-electron chi connectivity index (χ3n) is 4.27. The van der Waals surface area contributed by atoms with Crippen LogP contribution in [0.2, 0.25) is 0 Å². The van der Waals surface area contributed by atoms with Crippen molar-refractivity contribution < 1.29 is 17.6 Å². The Hall–Kier alpha value is -2.94. The number of aromatic nitrogens is 2. The Bertz CT molecular complexity index is 1110.